The van der Waals surface area contributed by atoms with Gasteiger partial charge in [-0.05, 0) is 80.1 Å². The zero-order valence-corrected chi connectivity index (χ0v) is 27.1. The molecule has 10 heteroatoms. The fourth-order valence-electron chi connectivity index (χ4n) is 8.44. The number of hydrogen-bond acceptors (Lipinski definition) is 9. The fraction of sp³-hybridized carbons (Fsp3) is 0.727. The first-order valence-electron chi connectivity index (χ1n) is 15.9. The van der Waals surface area contributed by atoms with E-state index in [0.717, 1.165) is 42.7 Å². The van der Waals surface area contributed by atoms with Crippen LogP contribution in [0.15, 0.2) is 29.2 Å². The van der Waals surface area contributed by atoms with Crippen LogP contribution in [0.1, 0.15) is 71.8 Å². The van der Waals surface area contributed by atoms with Crippen LogP contribution < -0.4 is 22.1 Å². The molecule has 1 aromatic carbocycles. The van der Waals surface area contributed by atoms with E-state index in [4.69, 9.17) is 16.2 Å². The summed E-state index contributed by atoms with van der Waals surface area (Å²) in [5, 5.41) is 18.3. The number of Topliss-reactive ketones (excluding diaryl/α,β-unsaturated/α-hetero) is 1. The number of nitrogens with one attached hydrogen (secondary N) is 2. The molecule has 0 saturated heterocycles. The Kier molecular flexibility index (Phi) is 11.0. The van der Waals surface area contributed by atoms with Gasteiger partial charge in [0.1, 0.15) is 11.9 Å². The first kappa shape index (κ1) is 33.9. The molecule has 43 heavy (non-hydrogen) atoms. The van der Waals surface area contributed by atoms with Gasteiger partial charge in [-0.25, -0.2) is 0 Å². The SMILES string of the molecule is C[C@@H]1CC[C@@]23CCC(=O)[C@H]2[C@]1(C)[C@H](OC(=O)CSc1ccc(CNC(=O)CN)cc1)C[C@](C)(CNCCCN)[C@@H](O)[C@@H]3C. The molecule has 0 spiro atoms. The number of carbonyl (C=O) groups is 3. The molecule has 7 N–H and O–H groups in total. The molecule has 1 aromatic rings. The number of carbonyl (C=O) groups excluding carboxylic acids is 3. The van der Waals surface area contributed by atoms with E-state index in [1.807, 2.05) is 24.3 Å². The number of aliphatic hydroxyl groups is 1. The van der Waals surface area contributed by atoms with Gasteiger partial charge >= 0.3 is 5.97 Å². The minimum absolute atomic E-state index is 0.0455. The molecule has 3 aliphatic rings. The average molecular weight is 617 g/mol. The van der Waals surface area contributed by atoms with Gasteiger partial charge in [-0.3, -0.25) is 14.4 Å². The van der Waals surface area contributed by atoms with Crippen LogP contribution in [0.2, 0.25) is 0 Å². The highest BCUT2D eigenvalue weighted by atomic mass is 32.2. The van der Waals surface area contributed by atoms with Crippen LogP contribution in [0, 0.1) is 34.0 Å². The zero-order valence-electron chi connectivity index (χ0n) is 26.3. The summed E-state index contributed by atoms with van der Waals surface area (Å²) in [6.45, 7) is 10.9. The highest BCUT2D eigenvalue weighted by molar-refractivity contribution is 8.00. The minimum Gasteiger partial charge on any atom is -0.461 e. The van der Waals surface area contributed by atoms with Gasteiger partial charge in [-0.2, -0.15) is 0 Å². The summed E-state index contributed by atoms with van der Waals surface area (Å²) in [7, 11) is 0. The van der Waals surface area contributed by atoms with Crippen LogP contribution in [0.3, 0.4) is 0 Å². The summed E-state index contributed by atoms with van der Waals surface area (Å²) in [6.07, 6.45) is 3.35. The Morgan fingerprint density at radius 1 is 1.14 bits per heavy atom. The van der Waals surface area contributed by atoms with E-state index < -0.39 is 23.0 Å². The molecule has 1 amide bonds. The molecule has 4 rings (SSSR count). The number of amides is 1. The van der Waals surface area contributed by atoms with E-state index in [1.165, 1.54) is 11.8 Å². The number of benzene rings is 1. The van der Waals surface area contributed by atoms with Crippen molar-refractivity contribution in [2.75, 3.05) is 31.9 Å². The monoisotopic (exact) mass is 616 g/mol. The molecule has 3 fully saturated rings. The standard InChI is InChI=1S/C33H52N4O5S/c1-21-10-12-33-13-11-25(38)29(33)32(21,4)26(16-31(3,30(41)22(33)2)20-36-15-5-14-34)42-28(40)19-43-24-8-6-23(7-9-24)18-37-27(39)17-35/h6-9,21-22,26,29-30,36,41H,5,10-20,34-35H2,1-4H3,(H,37,39)/t21-,22+,26-,29+,30+,31-,32+,33+/m1/s1. The Balaban J connectivity index is 1.55. The van der Waals surface area contributed by atoms with Gasteiger partial charge in [0.05, 0.1) is 18.4 Å². The van der Waals surface area contributed by atoms with Crippen molar-refractivity contribution in [1.82, 2.24) is 10.6 Å². The van der Waals surface area contributed by atoms with Gasteiger partial charge in [0.2, 0.25) is 5.91 Å². The van der Waals surface area contributed by atoms with Crippen LogP contribution in [0.25, 0.3) is 0 Å². The first-order chi connectivity index (χ1) is 20.4. The smallest absolute Gasteiger partial charge is 0.316 e. The fourth-order valence-corrected chi connectivity index (χ4v) is 9.12. The van der Waals surface area contributed by atoms with Gasteiger partial charge in [0.25, 0.3) is 0 Å². The molecule has 240 valence electrons. The topological polar surface area (TPSA) is 157 Å². The number of ether oxygens (including phenoxy) is 1. The van der Waals surface area contributed by atoms with Gasteiger partial charge < -0.3 is 31.9 Å². The summed E-state index contributed by atoms with van der Waals surface area (Å²) in [5.41, 5.74) is 10.7. The Hall–Kier alpha value is -1.98. The quantitative estimate of drug-likeness (QED) is 0.135. The van der Waals surface area contributed by atoms with Crippen molar-refractivity contribution in [3.8, 4) is 0 Å². The lowest BCUT2D eigenvalue weighted by atomic mass is 9.44. The molecule has 3 aliphatic carbocycles. The van der Waals surface area contributed by atoms with Crippen LogP contribution in [-0.4, -0.2) is 66.9 Å². The van der Waals surface area contributed by atoms with Gasteiger partial charge in [-0.15, -0.1) is 11.8 Å². The normalized spacial score (nSPS) is 35.5. The highest BCUT2D eigenvalue weighted by Crippen LogP contribution is 2.67. The molecular weight excluding hydrogens is 564 g/mol. The third-order valence-electron chi connectivity index (χ3n) is 11.2. The van der Waals surface area contributed by atoms with Gasteiger partial charge in [-0.1, -0.05) is 39.8 Å². The van der Waals surface area contributed by atoms with E-state index in [-0.39, 0.29) is 53.1 Å². The van der Waals surface area contributed by atoms with Crippen molar-refractivity contribution >= 4 is 29.4 Å². The summed E-state index contributed by atoms with van der Waals surface area (Å²) in [4.78, 5) is 39.6. The Labute approximate surface area is 261 Å². The lowest BCUT2D eigenvalue weighted by Gasteiger charge is -2.62. The van der Waals surface area contributed by atoms with Crippen molar-refractivity contribution in [3.05, 3.63) is 29.8 Å². The molecule has 0 radical (unpaired) electrons. The van der Waals surface area contributed by atoms with Crippen molar-refractivity contribution in [2.45, 2.75) is 89.9 Å². The summed E-state index contributed by atoms with van der Waals surface area (Å²) in [6, 6.07) is 7.69. The van der Waals surface area contributed by atoms with Crippen molar-refractivity contribution in [3.63, 3.8) is 0 Å². The van der Waals surface area contributed by atoms with E-state index in [9.17, 15) is 19.5 Å². The number of rotatable bonds is 12. The Morgan fingerprint density at radius 3 is 2.53 bits per heavy atom. The highest BCUT2D eigenvalue weighted by Gasteiger charge is 2.68. The molecule has 2 bridgehead atoms. The molecule has 0 aromatic heterocycles. The molecule has 8 atom stereocenters. The van der Waals surface area contributed by atoms with E-state index >= 15 is 0 Å². The predicted molar refractivity (Wildman–Crippen MR) is 169 cm³/mol. The second-order valence-electron chi connectivity index (χ2n) is 13.7. The number of nitrogens with two attached hydrogens (primary N) is 2. The van der Waals surface area contributed by atoms with Crippen molar-refractivity contribution < 1.29 is 24.2 Å². The number of hydrogen-bond donors (Lipinski definition) is 5. The van der Waals surface area contributed by atoms with Crippen LogP contribution >= 0.6 is 11.8 Å². The molecule has 9 nitrogen and oxygen atoms in total. The molecule has 0 unspecified atom stereocenters. The number of thioether (sulfide) groups is 1. The van der Waals surface area contributed by atoms with Crippen molar-refractivity contribution in [2.24, 2.45) is 45.5 Å². The van der Waals surface area contributed by atoms with Crippen LogP contribution in [0.5, 0.6) is 0 Å². The third-order valence-corrected chi connectivity index (χ3v) is 12.2. The average Bonchev–Trinajstić information content (AvgIpc) is 3.36. The number of aliphatic hydroxyl groups excluding tert-OH is 1. The lowest BCUT2D eigenvalue weighted by Crippen LogP contribution is -2.64. The summed E-state index contributed by atoms with van der Waals surface area (Å²) < 4.78 is 6.44. The Bertz CT molecular complexity index is 1150. The van der Waals surface area contributed by atoms with Gasteiger partial charge in [0.15, 0.2) is 0 Å². The number of ketones is 1. The number of esters is 1. The second-order valence-corrected chi connectivity index (χ2v) is 14.8. The van der Waals surface area contributed by atoms with E-state index in [1.54, 1.807) is 0 Å². The molecular formula is C33H52N4O5S. The second kappa shape index (κ2) is 14.0. The first-order valence-corrected chi connectivity index (χ1v) is 16.9. The van der Waals surface area contributed by atoms with E-state index in [2.05, 4.69) is 38.3 Å². The minimum atomic E-state index is -0.645. The summed E-state index contributed by atoms with van der Waals surface area (Å²) in [5.74, 6) is -0.212. The molecule has 3 saturated carbocycles. The maximum absolute atomic E-state index is 13.7. The lowest BCUT2D eigenvalue weighted by molar-refractivity contribution is -0.210. The third kappa shape index (κ3) is 6.83. The van der Waals surface area contributed by atoms with Crippen molar-refractivity contribution in [1.29, 1.82) is 0 Å². The molecule has 0 heterocycles. The maximum Gasteiger partial charge on any atom is 0.316 e. The Morgan fingerprint density at radius 2 is 1.86 bits per heavy atom. The maximum atomic E-state index is 13.7. The zero-order chi connectivity index (χ0) is 31.4. The largest absolute Gasteiger partial charge is 0.461 e. The van der Waals surface area contributed by atoms with Crippen LogP contribution in [-0.2, 0) is 25.7 Å². The molecule has 0 aliphatic heterocycles. The van der Waals surface area contributed by atoms with Gasteiger partial charge in [0, 0.05) is 41.2 Å². The van der Waals surface area contributed by atoms with E-state index in [0.29, 0.717) is 32.5 Å². The summed E-state index contributed by atoms with van der Waals surface area (Å²) >= 11 is 1.40. The van der Waals surface area contributed by atoms with Crippen LogP contribution in [0.4, 0.5) is 0 Å². The predicted octanol–water partition coefficient (Wildman–Crippen LogP) is 3.01.